The molecule has 0 aromatic carbocycles. The maximum absolute atomic E-state index is 6.04. The van der Waals surface area contributed by atoms with Gasteiger partial charge < -0.3 is 10.6 Å². The minimum atomic E-state index is 0.470. The number of halogens is 1. The molecule has 5 nitrogen and oxygen atoms in total. The summed E-state index contributed by atoms with van der Waals surface area (Å²) in [5, 5.41) is 4.19. The van der Waals surface area contributed by atoms with Gasteiger partial charge in [0, 0.05) is 18.5 Å². The predicted octanol–water partition coefficient (Wildman–Crippen LogP) is 1.88. The van der Waals surface area contributed by atoms with Crippen LogP contribution in [0.5, 0.6) is 0 Å². The van der Waals surface area contributed by atoms with Crippen LogP contribution >= 0.6 is 15.9 Å². The van der Waals surface area contributed by atoms with Crippen molar-refractivity contribution >= 4 is 27.4 Å². The molecule has 3 heterocycles. The fourth-order valence-electron chi connectivity index (χ4n) is 2.60. The molecule has 0 aliphatic carbocycles. The van der Waals surface area contributed by atoms with Crippen LogP contribution in [0.2, 0.25) is 0 Å². The molecule has 0 saturated carbocycles. The number of piperidine rings is 1. The third-order valence-electron chi connectivity index (χ3n) is 3.52. The van der Waals surface area contributed by atoms with E-state index in [1.54, 1.807) is 10.7 Å². The van der Waals surface area contributed by atoms with E-state index in [0.717, 1.165) is 22.4 Å². The van der Waals surface area contributed by atoms with Crippen LogP contribution in [0.25, 0.3) is 5.65 Å². The summed E-state index contributed by atoms with van der Waals surface area (Å²) in [4.78, 5) is 7.05. The SMILES string of the molecule is CN1CCCC(c2cc(N)n3ncc(Br)c3n2)C1. The van der Waals surface area contributed by atoms with Gasteiger partial charge in [-0.1, -0.05) is 0 Å². The second-order valence-electron chi connectivity index (χ2n) is 4.94. The number of hydrogen-bond donors (Lipinski definition) is 1. The van der Waals surface area contributed by atoms with Crippen molar-refractivity contribution in [2.45, 2.75) is 18.8 Å². The molecular weight excluding hydrogens is 294 g/mol. The quantitative estimate of drug-likeness (QED) is 0.874. The van der Waals surface area contributed by atoms with Gasteiger partial charge in [-0.3, -0.25) is 0 Å². The first kappa shape index (κ1) is 11.9. The van der Waals surface area contributed by atoms with E-state index < -0.39 is 0 Å². The van der Waals surface area contributed by atoms with Gasteiger partial charge in [0.15, 0.2) is 5.65 Å². The maximum Gasteiger partial charge on any atom is 0.171 e. The van der Waals surface area contributed by atoms with Crippen molar-refractivity contribution in [2.24, 2.45) is 0 Å². The Kier molecular flexibility index (Phi) is 2.99. The fourth-order valence-corrected chi connectivity index (χ4v) is 2.94. The Morgan fingerprint density at radius 3 is 3.11 bits per heavy atom. The lowest BCUT2D eigenvalue weighted by Gasteiger charge is -2.29. The Hall–Kier alpha value is -1.14. The van der Waals surface area contributed by atoms with Gasteiger partial charge in [-0.25, -0.2) is 4.98 Å². The first-order valence-electron chi connectivity index (χ1n) is 6.13. The fraction of sp³-hybridized carbons (Fsp3) is 0.500. The zero-order valence-corrected chi connectivity index (χ0v) is 11.9. The van der Waals surface area contributed by atoms with E-state index in [1.165, 1.54) is 19.4 Å². The molecule has 0 radical (unpaired) electrons. The highest BCUT2D eigenvalue weighted by Crippen LogP contribution is 2.28. The lowest BCUT2D eigenvalue weighted by molar-refractivity contribution is 0.248. The summed E-state index contributed by atoms with van der Waals surface area (Å²) >= 11 is 3.46. The number of hydrogen-bond acceptors (Lipinski definition) is 4. The van der Waals surface area contributed by atoms with Crippen molar-refractivity contribution in [1.29, 1.82) is 0 Å². The highest BCUT2D eigenvalue weighted by molar-refractivity contribution is 9.10. The molecule has 2 N–H and O–H groups in total. The lowest BCUT2D eigenvalue weighted by atomic mass is 9.95. The number of rotatable bonds is 1. The van der Waals surface area contributed by atoms with E-state index in [0.29, 0.717) is 11.7 Å². The van der Waals surface area contributed by atoms with Gasteiger partial charge in [0.1, 0.15) is 5.82 Å². The highest BCUT2D eigenvalue weighted by Gasteiger charge is 2.21. The number of likely N-dealkylation sites (N-methyl/N-ethyl adjacent to an activating group) is 1. The molecule has 2 aromatic heterocycles. The Morgan fingerprint density at radius 2 is 2.33 bits per heavy atom. The minimum absolute atomic E-state index is 0.470. The Morgan fingerprint density at radius 1 is 1.50 bits per heavy atom. The predicted molar refractivity (Wildman–Crippen MR) is 74.6 cm³/mol. The number of anilines is 1. The van der Waals surface area contributed by atoms with Crippen LogP contribution in [0.1, 0.15) is 24.5 Å². The van der Waals surface area contributed by atoms with Crippen LogP contribution < -0.4 is 5.73 Å². The molecule has 1 aliphatic heterocycles. The molecule has 1 fully saturated rings. The van der Waals surface area contributed by atoms with Crippen LogP contribution in [0.3, 0.4) is 0 Å². The summed E-state index contributed by atoms with van der Waals surface area (Å²) in [6, 6.07) is 1.95. The van der Waals surface area contributed by atoms with E-state index in [9.17, 15) is 0 Å². The summed E-state index contributed by atoms with van der Waals surface area (Å²) < 4.78 is 2.56. The highest BCUT2D eigenvalue weighted by atomic mass is 79.9. The van der Waals surface area contributed by atoms with E-state index in [-0.39, 0.29) is 0 Å². The number of aromatic nitrogens is 3. The topological polar surface area (TPSA) is 59.5 Å². The molecule has 0 bridgehead atoms. The molecule has 1 aliphatic rings. The largest absolute Gasteiger partial charge is 0.384 e. The molecule has 96 valence electrons. The lowest BCUT2D eigenvalue weighted by Crippen LogP contribution is -2.31. The van der Waals surface area contributed by atoms with Crippen molar-refractivity contribution in [2.75, 3.05) is 25.9 Å². The normalized spacial score (nSPS) is 21.6. The first-order chi connectivity index (χ1) is 8.65. The van der Waals surface area contributed by atoms with Crippen molar-refractivity contribution in [1.82, 2.24) is 19.5 Å². The molecule has 0 spiro atoms. The van der Waals surface area contributed by atoms with Gasteiger partial charge in [0.25, 0.3) is 0 Å². The third kappa shape index (κ3) is 1.99. The van der Waals surface area contributed by atoms with Crippen LogP contribution in [0.15, 0.2) is 16.7 Å². The Bertz CT molecular complexity index is 579. The molecular formula is C12H16BrN5. The van der Waals surface area contributed by atoms with E-state index in [2.05, 4.69) is 33.0 Å². The van der Waals surface area contributed by atoms with Gasteiger partial charge in [-0.2, -0.15) is 9.61 Å². The van der Waals surface area contributed by atoms with Gasteiger partial charge >= 0.3 is 0 Å². The van der Waals surface area contributed by atoms with Gasteiger partial charge in [0.2, 0.25) is 0 Å². The Balaban J connectivity index is 2.03. The average Bonchev–Trinajstić information content (AvgIpc) is 2.72. The molecule has 18 heavy (non-hydrogen) atoms. The standard InChI is InChI=1S/C12H16BrN5/c1-17-4-2-3-8(7-17)10-5-11(14)18-12(16-10)9(13)6-15-18/h5-6,8H,2-4,7,14H2,1H3. The number of nitrogens with two attached hydrogens (primary N) is 1. The molecule has 3 rings (SSSR count). The summed E-state index contributed by atoms with van der Waals surface area (Å²) in [5.74, 6) is 1.12. The van der Waals surface area contributed by atoms with Crippen molar-refractivity contribution in [3.63, 3.8) is 0 Å². The summed E-state index contributed by atoms with van der Waals surface area (Å²) in [5.41, 5.74) is 7.92. The number of likely N-dealkylation sites (tertiary alicyclic amines) is 1. The van der Waals surface area contributed by atoms with E-state index >= 15 is 0 Å². The van der Waals surface area contributed by atoms with E-state index in [4.69, 9.17) is 10.7 Å². The molecule has 0 amide bonds. The molecule has 6 heteroatoms. The van der Waals surface area contributed by atoms with Crippen LogP contribution in [0.4, 0.5) is 5.82 Å². The summed E-state index contributed by atoms with van der Waals surface area (Å²) in [7, 11) is 2.16. The van der Waals surface area contributed by atoms with Gasteiger partial charge in [-0.15, -0.1) is 0 Å². The summed E-state index contributed by atoms with van der Waals surface area (Å²) in [6.45, 7) is 2.22. The molecule has 2 aromatic rings. The number of nitrogens with zero attached hydrogens (tertiary/aromatic N) is 4. The second-order valence-corrected chi connectivity index (χ2v) is 5.79. The Labute approximate surface area is 114 Å². The van der Waals surface area contributed by atoms with Crippen molar-refractivity contribution in [3.8, 4) is 0 Å². The van der Waals surface area contributed by atoms with Crippen LogP contribution in [0, 0.1) is 0 Å². The van der Waals surface area contributed by atoms with Crippen LogP contribution in [-0.4, -0.2) is 39.6 Å². The number of nitrogen functional groups attached to an aromatic ring is 1. The third-order valence-corrected chi connectivity index (χ3v) is 4.08. The smallest absolute Gasteiger partial charge is 0.171 e. The molecule has 1 unspecified atom stereocenters. The zero-order valence-electron chi connectivity index (χ0n) is 10.3. The second kappa shape index (κ2) is 4.51. The number of fused-ring (bicyclic) bond motifs is 1. The molecule has 1 atom stereocenters. The molecule has 1 saturated heterocycles. The first-order valence-corrected chi connectivity index (χ1v) is 6.92. The van der Waals surface area contributed by atoms with Crippen molar-refractivity contribution in [3.05, 3.63) is 22.4 Å². The van der Waals surface area contributed by atoms with E-state index in [1.807, 2.05) is 6.07 Å². The monoisotopic (exact) mass is 309 g/mol. The van der Waals surface area contributed by atoms with Gasteiger partial charge in [-0.05, 0) is 42.4 Å². The summed E-state index contributed by atoms with van der Waals surface area (Å²) in [6.07, 6.45) is 4.13. The maximum atomic E-state index is 6.04. The minimum Gasteiger partial charge on any atom is -0.384 e. The zero-order chi connectivity index (χ0) is 12.7. The average molecular weight is 310 g/mol. The van der Waals surface area contributed by atoms with Crippen LogP contribution in [-0.2, 0) is 0 Å². The van der Waals surface area contributed by atoms with Crippen molar-refractivity contribution < 1.29 is 0 Å². The van der Waals surface area contributed by atoms with Gasteiger partial charge in [0.05, 0.1) is 16.4 Å².